The Bertz CT molecular complexity index is 377. The van der Waals surface area contributed by atoms with Gasteiger partial charge in [0.15, 0.2) is 0 Å². The van der Waals surface area contributed by atoms with Gasteiger partial charge in [-0.3, -0.25) is 4.90 Å². The fourth-order valence-electron chi connectivity index (χ4n) is 2.96. The molecular formula is C14H26N4S. The van der Waals surface area contributed by atoms with Crippen LogP contribution in [0.25, 0.3) is 0 Å². The second kappa shape index (κ2) is 6.66. The molecule has 19 heavy (non-hydrogen) atoms. The quantitative estimate of drug-likeness (QED) is 0.868. The lowest BCUT2D eigenvalue weighted by molar-refractivity contribution is 0.0902. The van der Waals surface area contributed by atoms with Crippen LogP contribution >= 0.6 is 11.5 Å². The Kier molecular flexibility index (Phi) is 5.16. The number of hydrogen-bond acceptors (Lipinski definition) is 5. The zero-order chi connectivity index (χ0) is 13.7. The first-order chi connectivity index (χ1) is 9.23. The molecule has 5 heteroatoms. The highest BCUT2D eigenvalue weighted by molar-refractivity contribution is 7.10. The number of piperidine rings is 1. The second-order valence-corrected chi connectivity index (χ2v) is 6.32. The molecule has 1 aliphatic rings. The summed E-state index contributed by atoms with van der Waals surface area (Å²) in [5.41, 5.74) is 1.72. The molecule has 1 aliphatic heterocycles. The fourth-order valence-corrected chi connectivity index (χ4v) is 3.60. The van der Waals surface area contributed by atoms with Gasteiger partial charge in [-0.25, -0.2) is 0 Å². The molecule has 0 aromatic carbocycles. The van der Waals surface area contributed by atoms with Crippen LogP contribution in [0.5, 0.6) is 0 Å². The molecule has 2 rings (SSSR count). The molecule has 0 aliphatic carbocycles. The Morgan fingerprint density at radius 1 is 1.21 bits per heavy atom. The summed E-state index contributed by atoms with van der Waals surface area (Å²) >= 11 is 1.47. The first-order valence-corrected chi connectivity index (χ1v) is 8.28. The minimum Gasteiger partial charge on any atom is -0.374 e. The van der Waals surface area contributed by atoms with Gasteiger partial charge in [-0.2, -0.15) is 0 Å². The van der Waals surface area contributed by atoms with Gasteiger partial charge in [-0.15, -0.1) is 5.10 Å². The highest BCUT2D eigenvalue weighted by atomic mass is 32.1. The predicted octanol–water partition coefficient (Wildman–Crippen LogP) is 3.37. The number of anilines is 1. The van der Waals surface area contributed by atoms with Gasteiger partial charge >= 0.3 is 0 Å². The van der Waals surface area contributed by atoms with Crippen LogP contribution in [0.2, 0.25) is 0 Å². The molecule has 1 aromatic rings. The maximum Gasteiger partial charge on any atom is 0.134 e. The standard InChI is InChI=1S/C14H26N4S/c1-4-14(5-2)7-9-18(10-8-14)11-12-13(15-6-3)19-17-16-12/h15H,4-11H2,1-3H3. The van der Waals surface area contributed by atoms with E-state index in [1.165, 1.54) is 50.3 Å². The van der Waals surface area contributed by atoms with Crippen molar-refractivity contribution in [2.45, 2.75) is 53.0 Å². The van der Waals surface area contributed by atoms with E-state index in [1.54, 1.807) is 0 Å². The monoisotopic (exact) mass is 282 g/mol. The van der Waals surface area contributed by atoms with Crippen molar-refractivity contribution >= 4 is 16.5 Å². The molecule has 1 aromatic heterocycles. The molecule has 1 N–H and O–H groups in total. The van der Waals surface area contributed by atoms with Crippen LogP contribution in [0.3, 0.4) is 0 Å². The Morgan fingerprint density at radius 3 is 2.47 bits per heavy atom. The highest BCUT2D eigenvalue weighted by Crippen LogP contribution is 2.38. The van der Waals surface area contributed by atoms with Gasteiger partial charge in [0.1, 0.15) is 10.7 Å². The van der Waals surface area contributed by atoms with Crippen LogP contribution < -0.4 is 5.32 Å². The van der Waals surface area contributed by atoms with E-state index in [4.69, 9.17) is 0 Å². The second-order valence-electron chi connectivity index (χ2n) is 5.56. The van der Waals surface area contributed by atoms with Crippen LogP contribution in [-0.4, -0.2) is 34.1 Å². The van der Waals surface area contributed by atoms with Crippen LogP contribution in [-0.2, 0) is 6.54 Å². The topological polar surface area (TPSA) is 41.1 Å². The van der Waals surface area contributed by atoms with E-state index in [0.29, 0.717) is 5.41 Å². The van der Waals surface area contributed by atoms with Gasteiger partial charge in [-0.05, 0) is 38.3 Å². The largest absolute Gasteiger partial charge is 0.374 e. The van der Waals surface area contributed by atoms with Gasteiger partial charge in [0.25, 0.3) is 0 Å². The lowest BCUT2D eigenvalue weighted by Crippen LogP contribution is -2.39. The van der Waals surface area contributed by atoms with Crippen molar-refractivity contribution in [1.82, 2.24) is 14.5 Å². The van der Waals surface area contributed by atoms with Crippen molar-refractivity contribution in [2.24, 2.45) is 5.41 Å². The summed E-state index contributed by atoms with van der Waals surface area (Å²) in [6.45, 7) is 11.1. The summed E-state index contributed by atoms with van der Waals surface area (Å²) in [5, 5.41) is 8.76. The number of hydrogen-bond donors (Lipinski definition) is 1. The van der Waals surface area contributed by atoms with E-state index in [1.807, 2.05) is 0 Å². The minimum atomic E-state index is 0.599. The Morgan fingerprint density at radius 2 is 1.89 bits per heavy atom. The Balaban J connectivity index is 1.90. The molecule has 2 heterocycles. The van der Waals surface area contributed by atoms with Crippen molar-refractivity contribution in [3.05, 3.63) is 5.69 Å². The van der Waals surface area contributed by atoms with E-state index in [0.717, 1.165) is 23.8 Å². The summed E-state index contributed by atoms with van der Waals surface area (Å²) in [6, 6.07) is 0. The molecule has 0 spiro atoms. The van der Waals surface area contributed by atoms with E-state index >= 15 is 0 Å². The van der Waals surface area contributed by atoms with E-state index in [2.05, 4.69) is 40.6 Å². The van der Waals surface area contributed by atoms with Crippen LogP contribution in [0, 0.1) is 5.41 Å². The fraction of sp³-hybridized carbons (Fsp3) is 0.857. The summed E-state index contributed by atoms with van der Waals surface area (Å²) in [4.78, 5) is 2.53. The van der Waals surface area contributed by atoms with Gasteiger partial charge < -0.3 is 5.32 Å². The zero-order valence-corrected chi connectivity index (χ0v) is 13.2. The van der Waals surface area contributed by atoms with Crippen LogP contribution in [0.4, 0.5) is 5.00 Å². The van der Waals surface area contributed by atoms with E-state index < -0.39 is 0 Å². The average Bonchev–Trinajstić information content (AvgIpc) is 2.88. The summed E-state index contributed by atoms with van der Waals surface area (Å²) in [6.07, 6.45) is 5.29. The minimum absolute atomic E-state index is 0.599. The van der Waals surface area contributed by atoms with Crippen molar-refractivity contribution in [2.75, 3.05) is 25.0 Å². The molecule has 0 radical (unpaired) electrons. The third-order valence-electron chi connectivity index (χ3n) is 4.68. The number of likely N-dealkylation sites (tertiary alicyclic amines) is 1. The summed E-state index contributed by atoms with van der Waals surface area (Å²) < 4.78 is 4.07. The number of nitrogens with one attached hydrogen (secondary N) is 1. The number of rotatable bonds is 6. The highest BCUT2D eigenvalue weighted by Gasteiger charge is 2.31. The number of nitrogens with zero attached hydrogens (tertiary/aromatic N) is 3. The van der Waals surface area contributed by atoms with Crippen molar-refractivity contribution in [3.8, 4) is 0 Å². The molecule has 1 saturated heterocycles. The molecule has 0 saturated carbocycles. The third kappa shape index (κ3) is 3.45. The maximum atomic E-state index is 4.27. The molecular weight excluding hydrogens is 256 g/mol. The van der Waals surface area contributed by atoms with Gasteiger partial charge in [0.2, 0.25) is 0 Å². The molecule has 4 nitrogen and oxygen atoms in total. The summed E-state index contributed by atoms with van der Waals surface area (Å²) in [5.74, 6) is 0. The first kappa shape index (κ1) is 14.7. The van der Waals surface area contributed by atoms with Crippen molar-refractivity contribution < 1.29 is 0 Å². The van der Waals surface area contributed by atoms with Gasteiger partial charge in [0.05, 0.1) is 0 Å². The first-order valence-electron chi connectivity index (χ1n) is 7.50. The summed E-state index contributed by atoms with van der Waals surface area (Å²) in [7, 11) is 0. The average molecular weight is 282 g/mol. The Hall–Kier alpha value is -0.680. The number of aromatic nitrogens is 2. The smallest absolute Gasteiger partial charge is 0.134 e. The van der Waals surface area contributed by atoms with Crippen molar-refractivity contribution in [1.29, 1.82) is 0 Å². The maximum absolute atomic E-state index is 4.27. The Labute approximate surface area is 120 Å². The van der Waals surface area contributed by atoms with Gasteiger partial charge in [0, 0.05) is 24.6 Å². The molecule has 1 fully saturated rings. The van der Waals surface area contributed by atoms with Gasteiger partial charge in [-0.1, -0.05) is 31.2 Å². The van der Waals surface area contributed by atoms with Crippen molar-refractivity contribution in [3.63, 3.8) is 0 Å². The lowest BCUT2D eigenvalue weighted by Gasteiger charge is -2.40. The molecule has 0 unspecified atom stereocenters. The molecule has 0 atom stereocenters. The lowest BCUT2D eigenvalue weighted by atomic mass is 9.74. The molecule has 108 valence electrons. The van der Waals surface area contributed by atoms with Crippen LogP contribution in [0.15, 0.2) is 0 Å². The molecule has 0 bridgehead atoms. The SMILES string of the molecule is CCNc1snnc1CN1CCC(CC)(CC)CC1. The van der Waals surface area contributed by atoms with E-state index in [-0.39, 0.29) is 0 Å². The third-order valence-corrected chi connectivity index (χ3v) is 5.41. The van der Waals surface area contributed by atoms with Crippen LogP contribution in [0.1, 0.15) is 52.1 Å². The predicted molar refractivity (Wildman–Crippen MR) is 81.6 cm³/mol. The molecule has 0 amide bonds. The normalized spacial score (nSPS) is 19.5. The van der Waals surface area contributed by atoms with E-state index in [9.17, 15) is 0 Å². The zero-order valence-electron chi connectivity index (χ0n) is 12.4.